The van der Waals surface area contributed by atoms with E-state index < -0.39 is 74.0 Å². The lowest BCUT2D eigenvalue weighted by molar-refractivity contribution is -0.327. The molecule has 0 bridgehead atoms. The van der Waals surface area contributed by atoms with Gasteiger partial charge < -0.3 is 54.7 Å². The first kappa shape index (κ1) is 23.9. The zero-order chi connectivity index (χ0) is 22.7. The molecule has 0 saturated carbocycles. The summed E-state index contributed by atoms with van der Waals surface area (Å²) in [6.45, 7) is -0.778. The minimum absolute atomic E-state index is 0.269. The Morgan fingerprint density at radius 3 is 2.23 bits per heavy atom. The molecule has 2 fully saturated rings. The molecule has 3 rings (SSSR count). The quantitative estimate of drug-likeness (QED) is 0.226. The molecule has 12 nitrogen and oxygen atoms in total. The number of rotatable bonds is 7. The number of aliphatic hydroxyl groups excluding tert-OH is 6. The maximum atomic E-state index is 11.6. The Kier molecular flexibility index (Phi) is 7.93. The molecule has 2 heterocycles. The summed E-state index contributed by atoms with van der Waals surface area (Å²) in [6, 6.07) is 7.88. The standard InChI is InChI=1S/C19H26O12/c20-9-6-28-18(14(24)11(9)21)29-7-10-12(22)13(23)15(25)19(30-10)31-16(17(26)27)8-4-2-1-3-5-8/h1-5,9-16,18-25H,6-7H2,(H,26,27)/t9-,10-,11+,12-,13+,14-,15-,16-,18+,19+/m1/s1. The summed E-state index contributed by atoms with van der Waals surface area (Å²) in [4.78, 5) is 11.6. The number of carboxylic acid groups (broad SMARTS) is 1. The van der Waals surface area contributed by atoms with Gasteiger partial charge in [-0.2, -0.15) is 0 Å². The molecule has 7 N–H and O–H groups in total. The van der Waals surface area contributed by atoms with Crippen molar-refractivity contribution < 1.29 is 59.5 Å². The van der Waals surface area contributed by atoms with Gasteiger partial charge in [-0.15, -0.1) is 0 Å². The molecule has 0 unspecified atom stereocenters. The number of hydrogen-bond donors (Lipinski definition) is 7. The van der Waals surface area contributed by atoms with E-state index in [0.29, 0.717) is 0 Å². The predicted molar refractivity (Wildman–Crippen MR) is 98.3 cm³/mol. The van der Waals surface area contributed by atoms with Gasteiger partial charge in [-0.25, -0.2) is 4.79 Å². The zero-order valence-corrected chi connectivity index (χ0v) is 16.2. The highest BCUT2D eigenvalue weighted by Crippen LogP contribution is 2.28. The number of hydrogen-bond acceptors (Lipinski definition) is 11. The van der Waals surface area contributed by atoms with Gasteiger partial charge in [0.1, 0.15) is 42.7 Å². The summed E-state index contributed by atoms with van der Waals surface area (Å²) in [5.74, 6) is -1.36. The first-order chi connectivity index (χ1) is 14.7. The van der Waals surface area contributed by atoms with Crippen LogP contribution in [0.4, 0.5) is 0 Å². The summed E-state index contributed by atoms with van der Waals surface area (Å²) in [5.41, 5.74) is 0.269. The van der Waals surface area contributed by atoms with E-state index in [1.165, 1.54) is 12.1 Å². The molecular formula is C19H26O12. The number of aliphatic carboxylic acids is 1. The highest BCUT2D eigenvalue weighted by molar-refractivity contribution is 5.74. The first-order valence-electron chi connectivity index (χ1n) is 9.61. The second kappa shape index (κ2) is 10.3. The van der Waals surface area contributed by atoms with Crippen molar-refractivity contribution in [1.29, 1.82) is 0 Å². The lowest BCUT2D eigenvalue weighted by atomic mass is 9.99. The maximum Gasteiger partial charge on any atom is 0.337 e. The number of benzene rings is 1. The lowest BCUT2D eigenvalue weighted by Crippen LogP contribution is -2.60. The Balaban J connectivity index is 1.66. The average molecular weight is 446 g/mol. The van der Waals surface area contributed by atoms with Crippen molar-refractivity contribution in [3.8, 4) is 0 Å². The van der Waals surface area contributed by atoms with Crippen LogP contribution < -0.4 is 0 Å². The molecule has 0 aromatic heterocycles. The van der Waals surface area contributed by atoms with Gasteiger partial charge in [0.25, 0.3) is 0 Å². The van der Waals surface area contributed by atoms with Crippen LogP contribution in [0.15, 0.2) is 30.3 Å². The number of aliphatic hydroxyl groups is 6. The molecule has 2 aliphatic heterocycles. The molecule has 174 valence electrons. The van der Waals surface area contributed by atoms with Crippen molar-refractivity contribution >= 4 is 5.97 Å². The van der Waals surface area contributed by atoms with E-state index in [-0.39, 0.29) is 12.2 Å². The second-order valence-electron chi connectivity index (χ2n) is 7.36. The van der Waals surface area contributed by atoms with E-state index in [2.05, 4.69) is 0 Å². The van der Waals surface area contributed by atoms with Gasteiger partial charge in [0.2, 0.25) is 0 Å². The third-order valence-corrected chi connectivity index (χ3v) is 5.14. The van der Waals surface area contributed by atoms with Gasteiger partial charge >= 0.3 is 5.97 Å². The molecule has 0 amide bonds. The molecule has 0 spiro atoms. The van der Waals surface area contributed by atoms with Crippen LogP contribution in [0, 0.1) is 0 Å². The van der Waals surface area contributed by atoms with Crippen LogP contribution in [-0.2, 0) is 23.7 Å². The predicted octanol–water partition coefficient (Wildman–Crippen LogP) is -2.91. The van der Waals surface area contributed by atoms with E-state index >= 15 is 0 Å². The summed E-state index contributed by atoms with van der Waals surface area (Å²) < 4.78 is 21.2. The van der Waals surface area contributed by atoms with Crippen molar-refractivity contribution in [2.24, 2.45) is 0 Å². The van der Waals surface area contributed by atoms with E-state index in [9.17, 15) is 40.5 Å². The fourth-order valence-electron chi connectivity index (χ4n) is 3.32. The van der Waals surface area contributed by atoms with Crippen LogP contribution in [-0.4, -0.2) is 110 Å². The van der Waals surface area contributed by atoms with Gasteiger partial charge in [0.05, 0.1) is 13.2 Å². The normalized spacial score (nSPS) is 39.7. The van der Waals surface area contributed by atoms with E-state index in [1.807, 2.05) is 0 Å². The second-order valence-corrected chi connectivity index (χ2v) is 7.36. The Hall–Kier alpha value is -1.71. The van der Waals surface area contributed by atoms with Crippen LogP contribution in [0.2, 0.25) is 0 Å². The van der Waals surface area contributed by atoms with Crippen molar-refractivity contribution in [2.45, 2.75) is 61.4 Å². The van der Waals surface area contributed by atoms with Crippen molar-refractivity contribution in [2.75, 3.05) is 13.2 Å². The van der Waals surface area contributed by atoms with Gasteiger partial charge in [-0.1, -0.05) is 30.3 Å². The zero-order valence-electron chi connectivity index (χ0n) is 16.2. The smallest absolute Gasteiger partial charge is 0.337 e. The molecule has 1 aromatic carbocycles. The third kappa shape index (κ3) is 5.38. The third-order valence-electron chi connectivity index (χ3n) is 5.14. The molecule has 1 aromatic rings. The molecular weight excluding hydrogens is 420 g/mol. The van der Waals surface area contributed by atoms with Gasteiger partial charge in [0, 0.05) is 0 Å². The van der Waals surface area contributed by atoms with E-state index in [0.717, 1.165) is 0 Å². The Labute approximate surface area is 176 Å². The van der Waals surface area contributed by atoms with Crippen molar-refractivity contribution in [3.05, 3.63) is 35.9 Å². The van der Waals surface area contributed by atoms with E-state index in [1.54, 1.807) is 18.2 Å². The van der Waals surface area contributed by atoms with Crippen molar-refractivity contribution in [3.63, 3.8) is 0 Å². The number of ether oxygens (including phenoxy) is 4. The summed E-state index contributed by atoms with van der Waals surface area (Å²) in [7, 11) is 0. The highest BCUT2D eigenvalue weighted by Gasteiger charge is 2.47. The van der Waals surface area contributed by atoms with Crippen LogP contribution in [0.3, 0.4) is 0 Å². The topological polar surface area (TPSA) is 196 Å². The maximum absolute atomic E-state index is 11.6. The van der Waals surface area contributed by atoms with Crippen LogP contribution in [0.5, 0.6) is 0 Å². The number of carboxylic acids is 1. The van der Waals surface area contributed by atoms with Crippen LogP contribution in [0.1, 0.15) is 11.7 Å². The first-order valence-corrected chi connectivity index (χ1v) is 9.61. The van der Waals surface area contributed by atoms with Crippen molar-refractivity contribution in [1.82, 2.24) is 0 Å². The Morgan fingerprint density at radius 2 is 1.58 bits per heavy atom. The minimum atomic E-state index is -1.76. The Bertz CT molecular complexity index is 717. The molecule has 12 heteroatoms. The van der Waals surface area contributed by atoms with Crippen LogP contribution in [0.25, 0.3) is 0 Å². The van der Waals surface area contributed by atoms with Gasteiger partial charge in [0.15, 0.2) is 18.7 Å². The Morgan fingerprint density at radius 1 is 0.935 bits per heavy atom. The molecule has 0 aliphatic carbocycles. The molecule has 10 atom stereocenters. The summed E-state index contributed by atoms with van der Waals surface area (Å²) >= 11 is 0. The largest absolute Gasteiger partial charge is 0.479 e. The van der Waals surface area contributed by atoms with Gasteiger partial charge in [-0.05, 0) is 5.56 Å². The lowest BCUT2D eigenvalue weighted by Gasteiger charge is -2.42. The fraction of sp³-hybridized carbons (Fsp3) is 0.632. The van der Waals surface area contributed by atoms with Gasteiger partial charge in [-0.3, -0.25) is 0 Å². The number of carbonyl (C=O) groups is 1. The van der Waals surface area contributed by atoms with Crippen LogP contribution >= 0.6 is 0 Å². The summed E-state index contributed by atoms with van der Waals surface area (Å²) in [6.07, 6.45) is -15.3. The monoisotopic (exact) mass is 446 g/mol. The average Bonchev–Trinajstić information content (AvgIpc) is 2.76. The highest BCUT2D eigenvalue weighted by atomic mass is 16.7. The molecule has 2 saturated heterocycles. The minimum Gasteiger partial charge on any atom is -0.479 e. The fourth-order valence-corrected chi connectivity index (χ4v) is 3.32. The molecule has 2 aliphatic rings. The van der Waals surface area contributed by atoms with E-state index in [4.69, 9.17) is 18.9 Å². The summed E-state index contributed by atoms with van der Waals surface area (Å²) in [5, 5.41) is 69.1. The SMILES string of the molecule is O=C(O)[C@H](O[C@@H]1O[C@H](CO[C@@H]2OC[C@@H](O)[C@H](O)[C@H]2O)[C@@H](O)[C@H](O)[C@H]1O)c1ccccc1. The molecule has 0 radical (unpaired) electrons. The molecule has 31 heavy (non-hydrogen) atoms.